The number of ether oxygens (including phenoxy) is 1. The van der Waals surface area contributed by atoms with Crippen LogP contribution in [0.1, 0.15) is 16.1 Å². The fraction of sp³-hybridized carbons (Fsp3) is 0.214. The van der Waals surface area contributed by atoms with Gasteiger partial charge in [0, 0.05) is 0 Å². The van der Waals surface area contributed by atoms with Crippen molar-refractivity contribution in [1.29, 1.82) is 0 Å². The molecule has 0 radical (unpaired) electrons. The quantitative estimate of drug-likeness (QED) is 0.796. The zero-order valence-corrected chi connectivity index (χ0v) is 10.5. The molecule has 1 heterocycles. The molecule has 0 N–H and O–H groups in total. The lowest BCUT2D eigenvalue weighted by Gasteiger charge is -2.12. The van der Waals surface area contributed by atoms with E-state index in [0.29, 0.717) is 11.8 Å². The molecule has 1 aromatic heterocycles. The maximum atomic E-state index is 12.2. The predicted molar refractivity (Wildman–Crippen MR) is 65.8 cm³/mol. The van der Waals surface area contributed by atoms with Crippen LogP contribution in [0.2, 0.25) is 0 Å². The molecule has 0 unspecified atom stereocenters. The van der Waals surface area contributed by atoms with Gasteiger partial charge in [0.2, 0.25) is 0 Å². The number of aryl methyl sites for hydroxylation is 1. The Morgan fingerprint density at radius 1 is 1.25 bits per heavy atom. The van der Waals surface area contributed by atoms with E-state index in [1.165, 1.54) is 18.2 Å². The van der Waals surface area contributed by atoms with Gasteiger partial charge in [-0.3, -0.25) is 4.79 Å². The lowest BCUT2D eigenvalue weighted by atomic mass is 10.1. The first-order chi connectivity index (χ1) is 9.39. The zero-order chi connectivity index (χ0) is 14.8. The number of aldehydes is 1. The van der Waals surface area contributed by atoms with Crippen molar-refractivity contribution in [3.63, 3.8) is 0 Å². The van der Waals surface area contributed by atoms with E-state index in [1.807, 2.05) is 0 Å². The first kappa shape index (κ1) is 14.2. The number of halogens is 3. The normalized spacial score (nSPS) is 11.4. The molecule has 0 atom stereocenters. The van der Waals surface area contributed by atoms with Crippen LogP contribution in [0.15, 0.2) is 34.7 Å². The van der Waals surface area contributed by atoms with Crippen molar-refractivity contribution in [2.75, 3.05) is 6.61 Å². The number of hydrogen-bond acceptors (Lipinski definition) is 3. The molecule has 106 valence electrons. The predicted octanol–water partition coefficient (Wildman–Crippen LogP) is 4.01. The smallest absolute Gasteiger partial charge is 0.422 e. The van der Waals surface area contributed by atoms with E-state index in [-0.39, 0.29) is 17.3 Å². The number of benzene rings is 1. The third-order valence-electron chi connectivity index (χ3n) is 2.53. The number of hydrogen-bond donors (Lipinski definition) is 0. The molecule has 2 aromatic rings. The molecule has 0 aliphatic carbocycles. The summed E-state index contributed by atoms with van der Waals surface area (Å²) in [6, 6.07) is 7.68. The highest BCUT2D eigenvalue weighted by Crippen LogP contribution is 2.33. The zero-order valence-electron chi connectivity index (χ0n) is 10.5. The van der Waals surface area contributed by atoms with Gasteiger partial charge in [0.15, 0.2) is 18.7 Å². The van der Waals surface area contributed by atoms with Crippen LogP contribution >= 0.6 is 0 Å². The average molecular weight is 284 g/mol. The minimum atomic E-state index is -4.42. The number of carbonyl (C=O) groups is 1. The highest BCUT2D eigenvalue weighted by atomic mass is 19.4. The highest BCUT2D eigenvalue weighted by Gasteiger charge is 2.29. The van der Waals surface area contributed by atoms with Crippen molar-refractivity contribution < 1.29 is 27.1 Å². The molecule has 0 aliphatic heterocycles. The number of carbonyl (C=O) groups excluding carboxylic acids is 1. The van der Waals surface area contributed by atoms with Crippen LogP contribution in [0.5, 0.6) is 5.75 Å². The van der Waals surface area contributed by atoms with Crippen LogP contribution in [0.4, 0.5) is 13.2 Å². The van der Waals surface area contributed by atoms with Crippen LogP contribution in [0.25, 0.3) is 11.3 Å². The molecule has 0 aliphatic rings. The number of alkyl halides is 3. The van der Waals surface area contributed by atoms with Crippen molar-refractivity contribution in [1.82, 2.24) is 0 Å². The van der Waals surface area contributed by atoms with E-state index < -0.39 is 12.8 Å². The molecule has 0 amide bonds. The van der Waals surface area contributed by atoms with Crippen molar-refractivity contribution >= 4 is 6.29 Å². The molecule has 0 fully saturated rings. The number of furan rings is 1. The van der Waals surface area contributed by atoms with E-state index in [0.717, 1.165) is 5.56 Å². The monoisotopic (exact) mass is 284 g/mol. The van der Waals surface area contributed by atoms with Gasteiger partial charge >= 0.3 is 6.18 Å². The van der Waals surface area contributed by atoms with Crippen molar-refractivity contribution in [3.05, 3.63) is 41.7 Å². The van der Waals surface area contributed by atoms with Crippen molar-refractivity contribution in [2.45, 2.75) is 13.1 Å². The van der Waals surface area contributed by atoms with Gasteiger partial charge in [-0.05, 0) is 31.2 Å². The second-order valence-electron chi connectivity index (χ2n) is 4.22. The van der Waals surface area contributed by atoms with Crippen LogP contribution in [0, 0.1) is 6.92 Å². The van der Waals surface area contributed by atoms with E-state index in [1.54, 1.807) is 19.1 Å². The number of rotatable bonds is 4. The van der Waals surface area contributed by atoms with Gasteiger partial charge < -0.3 is 9.15 Å². The largest absolute Gasteiger partial charge is 0.483 e. The second-order valence-corrected chi connectivity index (χ2v) is 4.22. The Morgan fingerprint density at radius 3 is 2.60 bits per heavy atom. The summed E-state index contributed by atoms with van der Waals surface area (Å²) in [5.74, 6) is 0.441. The van der Waals surface area contributed by atoms with Crippen LogP contribution in [-0.4, -0.2) is 19.1 Å². The Kier molecular flexibility index (Phi) is 3.83. The Hall–Kier alpha value is -2.24. The standard InChI is InChI=1S/C14H11F3O3/c1-9-2-4-12(19-8-14(15,16)17)11(6-9)13-5-3-10(7-18)20-13/h2-7H,8H2,1H3. The van der Waals surface area contributed by atoms with Gasteiger partial charge in [0.1, 0.15) is 11.5 Å². The molecule has 6 heteroatoms. The van der Waals surface area contributed by atoms with Gasteiger partial charge in [-0.25, -0.2) is 0 Å². The third-order valence-corrected chi connectivity index (χ3v) is 2.53. The molecular formula is C14H11F3O3. The average Bonchev–Trinajstić information content (AvgIpc) is 2.84. The third kappa shape index (κ3) is 3.40. The molecule has 3 nitrogen and oxygen atoms in total. The fourth-order valence-electron chi connectivity index (χ4n) is 1.68. The maximum absolute atomic E-state index is 12.2. The molecule has 0 spiro atoms. The maximum Gasteiger partial charge on any atom is 0.422 e. The molecule has 0 saturated heterocycles. The lowest BCUT2D eigenvalue weighted by molar-refractivity contribution is -0.153. The SMILES string of the molecule is Cc1ccc(OCC(F)(F)F)c(-c2ccc(C=O)o2)c1. The first-order valence-electron chi connectivity index (χ1n) is 5.74. The Labute approximate surface area is 113 Å². The Bertz CT molecular complexity index is 614. The van der Waals surface area contributed by atoms with Crippen LogP contribution in [-0.2, 0) is 0 Å². The van der Waals surface area contributed by atoms with E-state index in [2.05, 4.69) is 0 Å². The fourth-order valence-corrected chi connectivity index (χ4v) is 1.68. The summed E-state index contributed by atoms with van der Waals surface area (Å²) in [4.78, 5) is 10.6. The minimum absolute atomic E-state index is 0.0553. The molecule has 0 bridgehead atoms. The summed E-state index contributed by atoms with van der Waals surface area (Å²) in [5, 5.41) is 0. The summed E-state index contributed by atoms with van der Waals surface area (Å²) < 4.78 is 46.7. The summed E-state index contributed by atoms with van der Waals surface area (Å²) in [5.41, 5.74) is 1.21. The molecule has 0 saturated carbocycles. The van der Waals surface area contributed by atoms with Crippen molar-refractivity contribution in [3.8, 4) is 17.1 Å². The van der Waals surface area contributed by atoms with E-state index in [4.69, 9.17) is 9.15 Å². The van der Waals surface area contributed by atoms with Crippen LogP contribution in [0.3, 0.4) is 0 Å². The second kappa shape index (κ2) is 5.40. The highest BCUT2D eigenvalue weighted by molar-refractivity contribution is 5.74. The van der Waals surface area contributed by atoms with Gasteiger partial charge in [0.05, 0.1) is 5.56 Å². The van der Waals surface area contributed by atoms with Gasteiger partial charge in [-0.1, -0.05) is 11.6 Å². The summed E-state index contributed by atoms with van der Waals surface area (Å²) in [7, 11) is 0. The van der Waals surface area contributed by atoms with Gasteiger partial charge in [-0.15, -0.1) is 0 Å². The first-order valence-corrected chi connectivity index (χ1v) is 5.74. The summed E-state index contributed by atoms with van der Waals surface area (Å²) in [6.07, 6.45) is -3.89. The Morgan fingerprint density at radius 2 is 2.00 bits per heavy atom. The molecule has 1 aromatic carbocycles. The van der Waals surface area contributed by atoms with Gasteiger partial charge in [-0.2, -0.15) is 13.2 Å². The van der Waals surface area contributed by atoms with E-state index in [9.17, 15) is 18.0 Å². The molecular weight excluding hydrogens is 273 g/mol. The van der Waals surface area contributed by atoms with Gasteiger partial charge in [0.25, 0.3) is 0 Å². The van der Waals surface area contributed by atoms with E-state index >= 15 is 0 Å². The summed E-state index contributed by atoms with van der Waals surface area (Å²) in [6.45, 7) is 0.408. The Balaban J connectivity index is 2.35. The minimum Gasteiger partial charge on any atom is -0.483 e. The lowest BCUT2D eigenvalue weighted by Crippen LogP contribution is -2.19. The topological polar surface area (TPSA) is 39.4 Å². The molecule has 20 heavy (non-hydrogen) atoms. The summed E-state index contributed by atoms with van der Waals surface area (Å²) >= 11 is 0. The van der Waals surface area contributed by atoms with Crippen LogP contribution < -0.4 is 4.74 Å². The van der Waals surface area contributed by atoms with Crippen molar-refractivity contribution in [2.24, 2.45) is 0 Å². The molecule has 2 rings (SSSR count).